The zero-order chi connectivity index (χ0) is 24.1. The molecular formula is C20H30FN3O7S. The van der Waals surface area contributed by atoms with Gasteiger partial charge in [-0.15, -0.1) is 0 Å². The minimum Gasteiger partial charge on any atom is -0.442 e. The largest absolute Gasteiger partial charge is 0.442 e. The molecule has 12 heteroatoms. The smallest absolute Gasteiger partial charge is 0.414 e. The van der Waals surface area contributed by atoms with E-state index in [0.717, 1.165) is 6.26 Å². The Balaban J connectivity index is 2.04. The molecule has 2 aliphatic heterocycles. The summed E-state index contributed by atoms with van der Waals surface area (Å²) in [5, 5.41) is 13.1. The number of allylic oxidation sites excluding steroid dienone is 4. The molecule has 1 atom stereocenters. The second-order valence-corrected chi connectivity index (χ2v) is 9.60. The van der Waals surface area contributed by atoms with E-state index < -0.39 is 33.7 Å². The zero-order valence-corrected chi connectivity index (χ0v) is 19.3. The van der Waals surface area contributed by atoms with E-state index in [1.165, 1.54) is 24.0 Å². The van der Waals surface area contributed by atoms with Crippen LogP contribution in [0, 0.1) is 0 Å². The van der Waals surface area contributed by atoms with Crippen molar-refractivity contribution in [3.05, 3.63) is 36.0 Å². The first kappa shape index (κ1) is 25.8. The fourth-order valence-corrected chi connectivity index (χ4v) is 3.84. The van der Waals surface area contributed by atoms with E-state index in [1.54, 1.807) is 11.8 Å². The number of cyclic esters (lactones) is 1. The minimum absolute atomic E-state index is 0.167. The van der Waals surface area contributed by atoms with Crippen LogP contribution in [0.2, 0.25) is 0 Å². The van der Waals surface area contributed by atoms with Gasteiger partial charge in [-0.25, -0.2) is 9.18 Å². The molecule has 2 aliphatic rings. The van der Waals surface area contributed by atoms with Crippen molar-refractivity contribution in [2.75, 3.05) is 39.0 Å². The standard InChI is InChI=1S/C20H30FN3O7S/c1-5-18(23-8-6-20(27,7-9-23)13-30-32(4,28)29)17(21)10-14(2)24-12-16(31-19(24)26)11-22-15(3)25/h5,10,16,27H,1,6-9,11-13H2,2-4H3,(H,22,25)/b14-10+,18-17-. The maximum Gasteiger partial charge on any atom is 0.414 e. The number of nitrogens with zero attached hydrogens (tertiary/aromatic N) is 2. The quantitative estimate of drug-likeness (QED) is 0.374. The van der Waals surface area contributed by atoms with Crippen LogP contribution in [-0.2, 0) is 23.8 Å². The van der Waals surface area contributed by atoms with Gasteiger partial charge in [0.15, 0.2) is 0 Å². The number of piperidine rings is 1. The number of carbonyl (C=O) groups excluding carboxylic acids is 2. The summed E-state index contributed by atoms with van der Waals surface area (Å²) in [6, 6.07) is 0. The fourth-order valence-electron chi connectivity index (χ4n) is 3.41. The SMILES string of the molecule is C=C/C(=C(F)\C=C(/C)N1CC(CNC(C)=O)OC1=O)N1CCC(O)(COS(C)(=O)=O)CC1. The van der Waals surface area contributed by atoms with Crippen molar-refractivity contribution < 1.29 is 36.4 Å². The van der Waals surface area contributed by atoms with Crippen LogP contribution in [0.25, 0.3) is 0 Å². The molecule has 0 spiro atoms. The van der Waals surface area contributed by atoms with Crippen molar-refractivity contribution in [3.63, 3.8) is 0 Å². The number of nitrogens with one attached hydrogen (secondary N) is 1. The lowest BCUT2D eigenvalue weighted by atomic mass is 9.92. The van der Waals surface area contributed by atoms with Crippen molar-refractivity contribution in [1.29, 1.82) is 0 Å². The van der Waals surface area contributed by atoms with Gasteiger partial charge in [-0.1, -0.05) is 6.58 Å². The Morgan fingerprint density at radius 3 is 2.56 bits per heavy atom. The van der Waals surface area contributed by atoms with E-state index in [4.69, 9.17) is 8.92 Å². The molecule has 2 rings (SSSR count). The summed E-state index contributed by atoms with van der Waals surface area (Å²) in [7, 11) is -3.68. The number of rotatable bonds is 9. The molecule has 180 valence electrons. The average molecular weight is 476 g/mol. The maximum absolute atomic E-state index is 15.0. The van der Waals surface area contributed by atoms with Gasteiger partial charge in [-0.05, 0) is 31.9 Å². The van der Waals surface area contributed by atoms with Gasteiger partial charge in [0.05, 0.1) is 37.3 Å². The van der Waals surface area contributed by atoms with Gasteiger partial charge in [-0.3, -0.25) is 13.9 Å². The Morgan fingerprint density at radius 2 is 2.03 bits per heavy atom. The first-order chi connectivity index (χ1) is 14.8. The van der Waals surface area contributed by atoms with E-state index in [9.17, 15) is 23.1 Å². The highest BCUT2D eigenvalue weighted by molar-refractivity contribution is 7.85. The number of ether oxygens (including phenoxy) is 1. The normalized spacial score (nSPS) is 22.3. The molecule has 0 radical (unpaired) electrons. The van der Waals surface area contributed by atoms with Gasteiger partial charge in [0.25, 0.3) is 10.1 Å². The predicted molar refractivity (Wildman–Crippen MR) is 114 cm³/mol. The van der Waals surface area contributed by atoms with E-state index in [1.807, 2.05) is 0 Å². The lowest BCUT2D eigenvalue weighted by molar-refractivity contribution is -0.119. The second-order valence-electron chi connectivity index (χ2n) is 7.95. The fraction of sp³-hybridized carbons (Fsp3) is 0.600. The van der Waals surface area contributed by atoms with Gasteiger partial charge in [0.1, 0.15) is 11.9 Å². The Labute approximate surface area is 187 Å². The summed E-state index contributed by atoms with van der Waals surface area (Å²) in [6.07, 6.45) is 2.65. The molecule has 32 heavy (non-hydrogen) atoms. The number of hydrogen-bond donors (Lipinski definition) is 2. The highest BCUT2D eigenvalue weighted by atomic mass is 32.2. The second kappa shape index (κ2) is 10.5. The summed E-state index contributed by atoms with van der Waals surface area (Å²) in [5.41, 5.74) is -0.805. The molecule has 2 saturated heterocycles. The van der Waals surface area contributed by atoms with E-state index in [-0.39, 0.29) is 57.2 Å². The molecule has 2 heterocycles. The highest BCUT2D eigenvalue weighted by Crippen LogP contribution is 2.28. The summed E-state index contributed by atoms with van der Waals surface area (Å²) in [5.74, 6) is -0.860. The van der Waals surface area contributed by atoms with Gasteiger partial charge >= 0.3 is 6.09 Å². The molecule has 0 aromatic heterocycles. The molecule has 10 nitrogen and oxygen atoms in total. The molecule has 1 unspecified atom stereocenters. The Morgan fingerprint density at radius 1 is 1.41 bits per heavy atom. The lowest BCUT2D eigenvalue weighted by Crippen LogP contribution is -2.47. The lowest BCUT2D eigenvalue weighted by Gasteiger charge is -2.39. The van der Waals surface area contributed by atoms with Crippen LogP contribution in [0.3, 0.4) is 0 Å². The van der Waals surface area contributed by atoms with Crippen LogP contribution in [0.4, 0.5) is 9.18 Å². The molecule has 2 amide bonds. The van der Waals surface area contributed by atoms with Gasteiger partial charge in [0, 0.05) is 25.7 Å². The first-order valence-electron chi connectivity index (χ1n) is 10.1. The molecule has 0 saturated carbocycles. The third-order valence-electron chi connectivity index (χ3n) is 5.23. The predicted octanol–water partition coefficient (Wildman–Crippen LogP) is 1.02. The number of carbonyl (C=O) groups is 2. The number of amides is 2. The van der Waals surface area contributed by atoms with Crippen molar-refractivity contribution >= 4 is 22.1 Å². The third kappa shape index (κ3) is 7.31. The Bertz CT molecular complexity index is 908. The third-order valence-corrected chi connectivity index (χ3v) is 5.77. The Kier molecular flexibility index (Phi) is 8.43. The van der Waals surface area contributed by atoms with Crippen LogP contribution in [0.1, 0.15) is 26.7 Å². The number of hydrogen-bond acceptors (Lipinski definition) is 8. The van der Waals surface area contributed by atoms with E-state index in [2.05, 4.69) is 11.9 Å². The summed E-state index contributed by atoms with van der Waals surface area (Å²) in [6.45, 7) is 7.09. The Hall–Kier alpha value is -2.44. The van der Waals surface area contributed by atoms with Crippen LogP contribution in [-0.4, -0.2) is 86.1 Å². The van der Waals surface area contributed by atoms with Crippen LogP contribution in [0.5, 0.6) is 0 Å². The molecule has 2 N–H and O–H groups in total. The number of aliphatic hydroxyl groups is 1. The van der Waals surface area contributed by atoms with E-state index in [0.29, 0.717) is 5.70 Å². The monoisotopic (exact) mass is 475 g/mol. The number of halogens is 1. The van der Waals surface area contributed by atoms with Crippen molar-refractivity contribution in [2.24, 2.45) is 0 Å². The van der Waals surface area contributed by atoms with Gasteiger partial charge in [-0.2, -0.15) is 8.42 Å². The van der Waals surface area contributed by atoms with Crippen LogP contribution in [0.15, 0.2) is 36.0 Å². The molecule has 0 aromatic rings. The van der Waals surface area contributed by atoms with Crippen molar-refractivity contribution in [1.82, 2.24) is 15.1 Å². The van der Waals surface area contributed by atoms with Crippen molar-refractivity contribution in [3.8, 4) is 0 Å². The van der Waals surface area contributed by atoms with Crippen molar-refractivity contribution in [2.45, 2.75) is 38.4 Å². The zero-order valence-electron chi connectivity index (χ0n) is 18.5. The van der Waals surface area contributed by atoms with Gasteiger partial charge < -0.3 is 20.1 Å². The first-order valence-corrected chi connectivity index (χ1v) is 11.9. The summed E-state index contributed by atoms with van der Waals surface area (Å²) < 4.78 is 47.3. The average Bonchev–Trinajstić information content (AvgIpc) is 3.07. The molecular weight excluding hydrogens is 445 g/mol. The topological polar surface area (TPSA) is 125 Å². The summed E-state index contributed by atoms with van der Waals surface area (Å²) in [4.78, 5) is 26.1. The van der Waals surface area contributed by atoms with Crippen LogP contribution < -0.4 is 5.32 Å². The highest BCUT2D eigenvalue weighted by Gasteiger charge is 2.35. The number of likely N-dealkylation sites (tertiary alicyclic amines) is 1. The maximum atomic E-state index is 15.0. The molecule has 0 aliphatic carbocycles. The summed E-state index contributed by atoms with van der Waals surface area (Å²) >= 11 is 0. The van der Waals surface area contributed by atoms with Crippen LogP contribution >= 0.6 is 0 Å². The molecule has 2 fully saturated rings. The molecule has 0 aromatic carbocycles. The minimum atomic E-state index is -3.68. The van der Waals surface area contributed by atoms with Gasteiger partial charge in [0.2, 0.25) is 5.91 Å². The van der Waals surface area contributed by atoms with E-state index >= 15 is 4.39 Å². The molecule has 0 bridgehead atoms.